The first kappa shape index (κ1) is 26.0. The number of furan rings is 2. The smallest absolute Gasteiger partial charge is 0.137 e. The number of hydrogen-bond acceptors (Lipinski definition) is 3. The number of anilines is 3. The molecular formula is C44H27NO2. The van der Waals surface area contributed by atoms with Crippen LogP contribution in [0.25, 0.3) is 76.5 Å². The predicted octanol–water partition coefficient (Wildman–Crippen LogP) is 12.9. The van der Waals surface area contributed by atoms with Gasteiger partial charge in [0.1, 0.15) is 22.3 Å². The SMILES string of the molecule is c1ccc2c(-c3ccc(N(c4ccc5c(c4)oc4ccc6ccccc6c45)c4cccc5oc6ccccc6c45)cc3)cccc2c1. The van der Waals surface area contributed by atoms with Crippen LogP contribution in [0.15, 0.2) is 173 Å². The second-order valence-electron chi connectivity index (χ2n) is 12.1. The Labute approximate surface area is 270 Å². The molecule has 220 valence electrons. The normalized spacial score (nSPS) is 11.8. The van der Waals surface area contributed by atoms with Crippen LogP contribution in [0.5, 0.6) is 0 Å². The molecule has 0 radical (unpaired) electrons. The summed E-state index contributed by atoms with van der Waals surface area (Å²) in [6.45, 7) is 0. The highest BCUT2D eigenvalue weighted by Gasteiger charge is 2.21. The van der Waals surface area contributed by atoms with Gasteiger partial charge >= 0.3 is 0 Å². The number of benzene rings is 8. The first-order chi connectivity index (χ1) is 23.3. The van der Waals surface area contributed by atoms with E-state index >= 15 is 0 Å². The lowest BCUT2D eigenvalue weighted by Gasteiger charge is -2.26. The van der Waals surface area contributed by atoms with Gasteiger partial charge in [-0.1, -0.05) is 109 Å². The Morgan fingerprint density at radius 1 is 0.362 bits per heavy atom. The lowest BCUT2D eigenvalue weighted by molar-refractivity contribution is 0.669. The van der Waals surface area contributed by atoms with Crippen LogP contribution in [-0.4, -0.2) is 0 Å². The summed E-state index contributed by atoms with van der Waals surface area (Å²) >= 11 is 0. The maximum Gasteiger partial charge on any atom is 0.137 e. The fraction of sp³-hybridized carbons (Fsp3) is 0. The molecule has 0 N–H and O–H groups in total. The molecule has 0 unspecified atom stereocenters. The van der Waals surface area contributed by atoms with E-state index in [1.807, 2.05) is 18.2 Å². The Morgan fingerprint density at radius 2 is 0.979 bits per heavy atom. The summed E-state index contributed by atoms with van der Waals surface area (Å²) in [6.07, 6.45) is 0. The van der Waals surface area contributed by atoms with Gasteiger partial charge in [0.05, 0.1) is 11.1 Å². The van der Waals surface area contributed by atoms with E-state index in [1.165, 1.54) is 32.7 Å². The van der Waals surface area contributed by atoms with Crippen LogP contribution in [-0.2, 0) is 0 Å². The standard InChI is InChI=1S/C44H27NO2/c1-3-12-33-28(9-1)11-7-15-34(33)30-19-22-31(23-20-30)45(38-16-8-18-40-44(38)36-14-5-6-17-39(36)46-40)32-24-25-37-42(27-32)47-41-26-21-29-10-2-4-13-35(29)43(37)41/h1-27H. The topological polar surface area (TPSA) is 29.5 Å². The molecule has 0 fully saturated rings. The molecule has 0 saturated carbocycles. The highest BCUT2D eigenvalue weighted by atomic mass is 16.3. The molecule has 0 atom stereocenters. The molecule has 3 nitrogen and oxygen atoms in total. The molecule has 3 heteroatoms. The molecule has 0 aliphatic heterocycles. The highest BCUT2D eigenvalue weighted by molar-refractivity contribution is 6.19. The van der Waals surface area contributed by atoms with E-state index in [0.29, 0.717) is 0 Å². The Hall–Kier alpha value is -6.32. The van der Waals surface area contributed by atoms with Gasteiger partial charge in [-0.15, -0.1) is 0 Å². The monoisotopic (exact) mass is 601 g/mol. The fourth-order valence-electron chi connectivity index (χ4n) is 7.31. The minimum absolute atomic E-state index is 0.857. The van der Waals surface area contributed by atoms with Crippen molar-refractivity contribution in [2.24, 2.45) is 0 Å². The van der Waals surface area contributed by atoms with Crippen LogP contribution >= 0.6 is 0 Å². The Kier molecular flexibility index (Phi) is 5.57. The van der Waals surface area contributed by atoms with Crippen molar-refractivity contribution in [3.63, 3.8) is 0 Å². The van der Waals surface area contributed by atoms with Gasteiger partial charge in [0, 0.05) is 33.6 Å². The van der Waals surface area contributed by atoms with Crippen LogP contribution in [0, 0.1) is 0 Å². The van der Waals surface area contributed by atoms with E-state index in [-0.39, 0.29) is 0 Å². The molecular weight excluding hydrogens is 574 g/mol. The molecule has 0 aliphatic rings. The quantitative estimate of drug-likeness (QED) is 0.201. The third-order valence-electron chi connectivity index (χ3n) is 9.45. The number of hydrogen-bond donors (Lipinski definition) is 0. The van der Waals surface area contributed by atoms with Gasteiger partial charge in [-0.05, 0) is 81.2 Å². The van der Waals surface area contributed by atoms with Crippen molar-refractivity contribution in [3.8, 4) is 11.1 Å². The lowest BCUT2D eigenvalue weighted by atomic mass is 9.98. The van der Waals surface area contributed by atoms with Crippen molar-refractivity contribution in [3.05, 3.63) is 164 Å². The van der Waals surface area contributed by atoms with Crippen LogP contribution in [0.4, 0.5) is 17.1 Å². The number of fused-ring (bicyclic) bond motifs is 9. The van der Waals surface area contributed by atoms with Crippen molar-refractivity contribution < 1.29 is 8.83 Å². The first-order valence-corrected chi connectivity index (χ1v) is 15.9. The summed E-state index contributed by atoms with van der Waals surface area (Å²) in [6, 6.07) is 57.8. The summed E-state index contributed by atoms with van der Waals surface area (Å²) in [5, 5.41) is 9.32. The molecule has 10 aromatic rings. The van der Waals surface area contributed by atoms with Gasteiger partial charge in [-0.25, -0.2) is 0 Å². The van der Waals surface area contributed by atoms with Crippen molar-refractivity contribution in [1.29, 1.82) is 0 Å². The third kappa shape index (κ3) is 4.00. The van der Waals surface area contributed by atoms with Gasteiger partial charge < -0.3 is 13.7 Å². The van der Waals surface area contributed by atoms with Gasteiger partial charge in [-0.3, -0.25) is 0 Å². The summed E-state index contributed by atoms with van der Waals surface area (Å²) in [7, 11) is 0. The zero-order chi connectivity index (χ0) is 30.9. The molecule has 0 bridgehead atoms. The van der Waals surface area contributed by atoms with Crippen LogP contribution in [0.1, 0.15) is 0 Å². The molecule has 47 heavy (non-hydrogen) atoms. The summed E-state index contributed by atoms with van der Waals surface area (Å²) < 4.78 is 12.9. The van der Waals surface area contributed by atoms with Gasteiger partial charge in [-0.2, -0.15) is 0 Å². The summed E-state index contributed by atoms with van der Waals surface area (Å²) in [4.78, 5) is 2.32. The molecule has 8 aromatic carbocycles. The lowest BCUT2D eigenvalue weighted by Crippen LogP contribution is -2.10. The first-order valence-electron chi connectivity index (χ1n) is 15.9. The van der Waals surface area contributed by atoms with Crippen molar-refractivity contribution in [2.75, 3.05) is 4.90 Å². The van der Waals surface area contributed by atoms with E-state index in [9.17, 15) is 0 Å². The van der Waals surface area contributed by atoms with E-state index < -0.39 is 0 Å². The van der Waals surface area contributed by atoms with Crippen molar-refractivity contribution in [1.82, 2.24) is 0 Å². The molecule has 10 rings (SSSR count). The average molecular weight is 602 g/mol. The van der Waals surface area contributed by atoms with Crippen LogP contribution in [0.3, 0.4) is 0 Å². The predicted molar refractivity (Wildman–Crippen MR) is 196 cm³/mol. The van der Waals surface area contributed by atoms with Gasteiger partial charge in [0.15, 0.2) is 0 Å². The average Bonchev–Trinajstić information content (AvgIpc) is 3.71. The zero-order valence-electron chi connectivity index (χ0n) is 25.4. The van der Waals surface area contributed by atoms with Gasteiger partial charge in [0.2, 0.25) is 0 Å². The van der Waals surface area contributed by atoms with E-state index in [1.54, 1.807) is 0 Å². The second kappa shape index (κ2) is 10.1. The van der Waals surface area contributed by atoms with Crippen LogP contribution < -0.4 is 4.90 Å². The minimum Gasteiger partial charge on any atom is -0.456 e. The molecule has 0 spiro atoms. The Bertz CT molecular complexity index is 2800. The maximum atomic E-state index is 6.54. The molecule has 2 aromatic heterocycles. The Morgan fingerprint density at radius 3 is 1.85 bits per heavy atom. The van der Waals surface area contributed by atoms with E-state index in [2.05, 4.69) is 150 Å². The van der Waals surface area contributed by atoms with E-state index in [4.69, 9.17) is 8.83 Å². The summed E-state index contributed by atoms with van der Waals surface area (Å²) in [5.41, 5.74) is 8.99. The zero-order valence-corrected chi connectivity index (χ0v) is 25.4. The highest BCUT2D eigenvalue weighted by Crippen LogP contribution is 2.45. The fourth-order valence-corrected chi connectivity index (χ4v) is 7.31. The minimum atomic E-state index is 0.857. The second-order valence-corrected chi connectivity index (χ2v) is 12.1. The van der Waals surface area contributed by atoms with E-state index in [0.717, 1.165) is 60.9 Å². The number of para-hydroxylation sites is 1. The van der Waals surface area contributed by atoms with Crippen molar-refractivity contribution in [2.45, 2.75) is 0 Å². The molecule has 0 saturated heterocycles. The van der Waals surface area contributed by atoms with Gasteiger partial charge in [0.25, 0.3) is 0 Å². The molecule has 2 heterocycles. The number of nitrogens with zero attached hydrogens (tertiary/aromatic N) is 1. The van der Waals surface area contributed by atoms with Crippen LogP contribution in [0.2, 0.25) is 0 Å². The Balaban J connectivity index is 1.20. The summed E-state index contributed by atoms with van der Waals surface area (Å²) in [5.74, 6) is 0. The van der Waals surface area contributed by atoms with Crippen molar-refractivity contribution >= 4 is 82.5 Å². The molecule has 0 amide bonds. The largest absolute Gasteiger partial charge is 0.456 e. The third-order valence-corrected chi connectivity index (χ3v) is 9.45. The number of rotatable bonds is 4. The molecule has 0 aliphatic carbocycles. The maximum absolute atomic E-state index is 6.54.